The van der Waals surface area contributed by atoms with Crippen LogP contribution in [0.25, 0.3) is 0 Å². The molecule has 0 radical (unpaired) electrons. The molecule has 3 saturated carbocycles. The quantitative estimate of drug-likeness (QED) is 0.550. The summed E-state index contributed by atoms with van der Waals surface area (Å²) in [7, 11) is 0. The van der Waals surface area contributed by atoms with E-state index in [0.717, 1.165) is 0 Å². The molecule has 18 heavy (non-hydrogen) atoms. The molecule has 0 aromatic heterocycles. The van der Waals surface area contributed by atoms with Gasteiger partial charge in [0.1, 0.15) is 5.82 Å². The summed E-state index contributed by atoms with van der Waals surface area (Å²) in [6.07, 6.45) is 0.767. The van der Waals surface area contributed by atoms with Gasteiger partial charge in [-0.05, 0) is 24.0 Å². The molecule has 0 spiro atoms. The maximum absolute atomic E-state index is 13.6. The minimum absolute atomic E-state index is 0.147. The number of hydrogen-bond donors (Lipinski definition) is 0. The van der Waals surface area contributed by atoms with Gasteiger partial charge < -0.3 is 12.9 Å². The molecule has 0 saturated heterocycles. The Labute approximate surface area is 107 Å². The van der Waals surface area contributed by atoms with Crippen LogP contribution < -0.4 is 0 Å². The molecule has 6 heteroatoms. The van der Waals surface area contributed by atoms with Gasteiger partial charge in [-0.1, -0.05) is 42.2 Å². The highest BCUT2D eigenvalue weighted by molar-refractivity contribution is 6.63. The van der Waals surface area contributed by atoms with E-state index in [4.69, 9.17) is 11.6 Å². The smallest absolute Gasteiger partial charge is 0.449 e. The van der Waals surface area contributed by atoms with Gasteiger partial charge in [0, 0.05) is 10.6 Å². The van der Waals surface area contributed by atoms with Crippen LogP contribution in [0.3, 0.4) is 0 Å². The first-order valence-corrected chi connectivity index (χ1v) is 6.27. The van der Waals surface area contributed by atoms with E-state index < -0.39 is 18.1 Å². The molecule has 1 aromatic carbocycles. The summed E-state index contributed by atoms with van der Waals surface area (Å²) in [6.45, 7) is -4.76. The molecule has 0 unspecified atom stereocenters. The molecule has 0 atom stereocenters. The summed E-state index contributed by atoms with van der Waals surface area (Å²) in [5.74, 6) is -0.418. The Balaban J connectivity index is 1.75. The van der Waals surface area contributed by atoms with Gasteiger partial charge in [0.2, 0.25) is 0 Å². The van der Waals surface area contributed by atoms with Crippen LogP contribution in [0.2, 0.25) is 10.3 Å². The average molecular weight is 277 g/mol. The molecule has 3 fully saturated rings. The van der Waals surface area contributed by atoms with E-state index in [2.05, 4.69) is 0 Å². The second kappa shape index (κ2) is 3.44. The summed E-state index contributed by atoms with van der Waals surface area (Å²) in [6, 6.07) is 4.38. The van der Waals surface area contributed by atoms with Crippen molar-refractivity contribution in [3.63, 3.8) is 0 Å². The molecule has 0 N–H and O–H groups in total. The Bertz CT molecular complexity index is 471. The molecule has 98 valence electrons. The first-order valence-electron chi connectivity index (χ1n) is 5.89. The third-order valence-corrected chi connectivity index (χ3v) is 4.84. The van der Waals surface area contributed by atoms with Crippen molar-refractivity contribution in [1.29, 1.82) is 0 Å². The lowest BCUT2D eigenvalue weighted by atomic mass is 9.23. The minimum atomic E-state index is -4.76. The molecular formula is C12H11BClF4-. The fourth-order valence-electron chi connectivity index (χ4n) is 3.70. The third kappa shape index (κ3) is 1.52. The zero-order valence-corrected chi connectivity index (χ0v) is 10.3. The van der Waals surface area contributed by atoms with E-state index in [1.54, 1.807) is 6.07 Å². The van der Waals surface area contributed by atoms with Crippen LogP contribution in [0.1, 0.15) is 24.8 Å². The Morgan fingerprint density at radius 1 is 1.17 bits per heavy atom. The van der Waals surface area contributed by atoms with Crippen molar-refractivity contribution in [1.82, 2.24) is 0 Å². The highest BCUT2D eigenvalue weighted by atomic mass is 35.5. The van der Waals surface area contributed by atoms with Crippen LogP contribution >= 0.6 is 11.6 Å². The molecule has 1 aromatic rings. The summed E-state index contributed by atoms with van der Waals surface area (Å²) in [5.41, 5.74) is 0.00506. The van der Waals surface area contributed by atoms with Gasteiger partial charge in [-0.3, -0.25) is 0 Å². The number of halogens is 5. The highest BCUT2D eigenvalue weighted by Crippen LogP contribution is 2.83. The van der Waals surface area contributed by atoms with Gasteiger partial charge in [0.25, 0.3) is 0 Å². The number of hydrogen-bond acceptors (Lipinski definition) is 0. The standard InChI is InChI=1S/C12H11BClF4/c14-9-2-1-3-10(15)8(9)4-11-5-12(6-11,7-11)13(16,17)18/h1-3H,4-7H2/q-1. The average Bonchev–Trinajstić information content (AvgIpc) is 2.09. The van der Waals surface area contributed by atoms with Gasteiger partial charge in [0.15, 0.2) is 0 Å². The maximum atomic E-state index is 13.6. The van der Waals surface area contributed by atoms with E-state index >= 15 is 0 Å². The predicted molar refractivity (Wildman–Crippen MR) is 63.2 cm³/mol. The molecule has 2 bridgehead atoms. The van der Waals surface area contributed by atoms with Crippen molar-refractivity contribution < 1.29 is 17.3 Å². The Morgan fingerprint density at radius 3 is 2.28 bits per heavy atom. The summed E-state index contributed by atoms with van der Waals surface area (Å²) in [4.78, 5) is 0. The fraction of sp³-hybridized carbons (Fsp3) is 0.500. The molecular weight excluding hydrogens is 266 g/mol. The van der Waals surface area contributed by atoms with Gasteiger partial charge in [-0.15, -0.1) is 0 Å². The monoisotopic (exact) mass is 277 g/mol. The van der Waals surface area contributed by atoms with Gasteiger partial charge in [-0.25, -0.2) is 4.39 Å². The van der Waals surface area contributed by atoms with Crippen LogP contribution in [0.15, 0.2) is 18.2 Å². The molecule has 0 heterocycles. The topological polar surface area (TPSA) is 0 Å². The van der Waals surface area contributed by atoms with Crippen LogP contribution in [-0.4, -0.2) is 6.98 Å². The SMILES string of the molecule is Fc1cccc(Cl)c1CC12CC([B-](F)(F)F)(C1)C2. The van der Waals surface area contributed by atoms with Crippen LogP contribution in [0.4, 0.5) is 17.3 Å². The summed E-state index contributed by atoms with van der Waals surface area (Å²) in [5, 5.41) is -1.11. The van der Waals surface area contributed by atoms with Gasteiger partial charge in [-0.2, -0.15) is 0 Å². The largest absolute Gasteiger partial charge is 0.484 e. The molecule has 0 nitrogen and oxygen atoms in total. The van der Waals surface area contributed by atoms with Crippen LogP contribution in [-0.2, 0) is 6.42 Å². The van der Waals surface area contributed by atoms with Crippen molar-refractivity contribution in [2.75, 3.05) is 0 Å². The third-order valence-electron chi connectivity index (χ3n) is 4.49. The van der Waals surface area contributed by atoms with Crippen LogP contribution in [0, 0.1) is 11.2 Å². The van der Waals surface area contributed by atoms with Crippen molar-refractivity contribution in [3.05, 3.63) is 34.6 Å². The first-order chi connectivity index (χ1) is 8.27. The summed E-state index contributed by atoms with van der Waals surface area (Å²) < 4.78 is 51.8. The lowest BCUT2D eigenvalue weighted by Crippen LogP contribution is -2.65. The number of rotatable bonds is 3. The van der Waals surface area contributed by atoms with Crippen LogP contribution in [0.5, 0.6) is 0 Å². The zero-order valence-electron chi connectivity index (χ0n) is 9.53. The lowest BCUT2D eigenvalue weighted by Gasteiger charge is -2.75. The second-order valence-corrected chi connectivity index (χ2v) is 6.25. The predicted octanol–water partition coefficient (Wildman–Crippen LogP) is 4.79. The Kier molecular flexibility index (Phi) is 2.36. The number of benzene rings is 1. The highest BCUT2D eigenvalue weighted by Gasteiger charge is 2.73. The fourth-order valence-corrected chi connectivity index (χ4v) is 3.93. The molecule has 0 aliphatic heterocycles. The minimum Gasteiger partial charge on any atom is -0.449 e. The van der Waals surface area contributed by atoms with Crippen molar-refractivity contribution in [3.8, 4) is 0 Å². The van der Waals surface area contributed by atoms with Crippen molar-refractivity contribution in [2.45, 2.75) is 31.0 Å². The van der Waals surface area contributed by atoms with E-state index in [1.807, 2.05) is 0 Å². The van der Waals surface area contributed by atoms with E-state index in [9.17, 15) is 17.3 Å². The molecule has 0 amide bonds. The molecule has 3 aliphatic carbocycles. The van der Waals surface area contributed by atoms with Gasteiger partial charge >= 0.3 is 6.98 Å². The first kappa shape index (κ1) is 12.3. The second-order valence-electron chi connectivity index (χ2n) is 5.84. The molecule has 4 rings (SSSR count). The normalized spacial score (nSPS) is 33.8. The van der Waals surface area contributed by atoms with Crippen molar-refractivity contribution >= 4 is 18.6 Å². The van der Waals surface area contributed by atoms with E-state index in [0.29, 0.717) is 17.0 Å². The van der Waals surface area contributed by atoms with Gasteiger partial charge in [0.05, 0.1) is 0 Å². The Morgan fingerprint density at radius 2 is 1.78 bits per heavy atom. The maximum Gasteiger partial charge on any atom is 0.484 e. The van der Waals surface area contributed by atoms with E-state index in [1.165, 1.54) is 12.1 Å². The zero-order chi connectivity index (χ0) is 13.2. The van der Waals surface area contributed by atoms with E-state index in [-0.39, 0.29) is 24.7 Å². The van der Waals surface area contributed by atoms with Crippen molar-refractivity contribution in [2.24, 2.45) is 5.41 Å². The summed E-state index contributed by atoms with van der Waals surface area (Å²) >= 11 is 5.90. The Hall–Kier alpha value is -0.705. The lowest BCUT2D eigenvalue weighted by molar-refractivity contribution is -0.112. The molecule has 3 aliphatic rings.